The van der Waals surface area contributed by atoms with E-state index in [1.807, 2.05) is 6.92 Å². The van der Waals surface area contributed by atoms with Gasteiger partial charge in [-0.05, 0) is 37.8 Å². The molecule has 1 aliphatic rings. The van der Waals surface area contributed by atoms with Crippen LogP contribution in [-0.2, 0) is 4.74 Å². The number of nitrogens with zero attached hydrogens (tertiary/aromatic N) is 2. The molecule has 1 heterocycles. The lowest BCUT2D eigenvalue weighted by molar-refractivity contribution is -0.0592. The van der Waals surface area contributed by atoms with Crippen LogP contribution in [0.15, 0.2) is 45.6 Å². The first-order valence-electron chi connectivity index (χ1n) is 8.74. The summed E-state index contributed by atoms with van der Waals surface area (Å²) < 4.78 is 43.6. The number of alkyl halides is 3. The van der Waals surface area contributed by atoms with Gasteiger partial charge in [0.05, 0.1) is 13.2 Å². The summed E-state index contributed by atoms with van der Waals surface area (Å²) in [5, 5.41) is 3.24. The Bertz CT molecular complexity index is 616. The molecule has 0 saturated carbocycles. The first kappa shape index (κ1) is 22.2. The van der Waals surface area contributed by atoms with Crippen LogP contribution in [0, 0.1) is 5.92 Å². The van der Waals surface area contributed by atoms with Crippen LogP contribution in [0.2, 0.25) is 0 Å². The Morgan fingerprint density at radius 2 is 2.12 bits per heavy atom. The standard InChI is InChI=1S/C19H28F3N3O/c1-6-8-26-12-13(3)10-23-15(5)14(4)9-16(7-2)18-24-11-17(25-18)19(20,21)22/h7,9,13,23H,5-6,8,10-12H2,1-4H3/b14-9+,16-7+. The number of hydrogen-bond acceptors (Lipinski definition) is 4. The topological polar surface area (TPSA) is 46.0 Å². The van der Waals surface area contributed by atoms with Gasteiger partial charge in [0.15, 0.2) is 5.84 Å². The summed E-state index contributed by atoms with van der Waals surface area (Å²) in [4.78, 5) is 7.52. The SMILES string of the molecule is C=C(NCC(C)COCCC)/C(C)=C/C(=C\C)C1=NCC(C(F)(F)F)=N1. The van der Waals surface area contributed by atoms with Gasteiger partial charge in [-0.1, -0.05) is 26.5 Å². The van der Waals surface area contributed by atoms with E-state index in [1.165, 1.54) is 0 Å². The fourth-order valence-electron chi connectivity index (χ4n) is 2.18. The van der Waals surface area contributed by atoms with Gasteiger partial charge in [0.25, 0.3) is 0 Å². The molecule has 4 nitrogen and oxygen atoms in total. The molecule has 0 radical (unpaired) electrons. The highest BCUT2D eigenvalue weighted by atomic mass is 19.4. The van der Waals surface area contributed by atoms with Crippen LogP contribution < -0.4 is 5.32 Å². The maximum Gasteiger partial charge on any atom is 0.431 e. The van der Waals surface area contributed by atoms with Crippen LogP contribution in [0.3, 0.4) is 0 Å². The average Bonchev–Trinajstić information content (AvgIpc) is 3.07. The molecule has 1 N–H and O–H groups in total. The van der Waals surface area contributed by atoms with Gasteiger partial charge in [-0.2, -0.15) is 13.2 Å². The van der Waals surface area contributed by atoms with Crippen LogP contribution in [0.5, 0.6) is 0 Å². The smallest absolute Gasteiger partial charge is 0.385 e. The third-order valence-electron chi connectivity index (χ3n) is 3.78. The molecule has 1 rings (SSSR count). The van der Waals surface area contributed by atoms with Crippen molar-refractivity contribution in [1.82, 2.24) is 5.32 Å². The number of aliphatic imine (C=N–C) groups is 2. The van der Waals surface area contributed by atoms with Crippen molar-refractivity contribution >= 4 is 11.5 Å². The van der Waals surface area contributed by atoms with Crippen LogP contribution in [0.4, 0.5) is 13.2 Å². The number of hydrogen-bond donors (Lipinski definition) is 1. The molecule has 1 unspecified atom stereocenters. The summed E-state index contributed by atoms with van der Waals surface area (Å²) in [5.74, 6) is 0.429. The predicted molar refractivity (Wildman–Crippen MR) is 101 cm³/mol. The number of rotatable bonds is 10. The highest BCUT2D eigenvalue weighted by molar-refractivity contribution is 6.14. The zero-order chi connectivity index (χ0) is 19.7. The van der Waals surface area contributed by atoms with E-state index in [0.717, 1.165) is 18.6 Å². The second-order valence-electron chi connectivity index (χ2n) is 6.31. The van der Waals surface area contributed by atoms with Crippen molar-refractivity contribution in [2.75, 3.05) is 26.3 Å². The van der Waals surface area contributed by atoms with Crippen LogP contribution in [0.25, 0.3) is 0 Å². The van der Waals surface area contributed by atoms with Crippen molar-refractivity contribution in [2.45, 2.75) is 40.3 Å². The first-order chi connectivity index (χ1) is 12.2. The maximum atomic E-state index is 12.7. The lowest BCUT2D eigenvalue weighted by Crippen LogP contribution is -2.24. The minimum atomic E-state index is -4.44. The predicted octanol–water partition coefficient (Wildman–Crippen LogP) is 4.46. The van der Waals surface area contributed by atoms with Crippen molar-refractivity contribution in [3.8, 4) is 0 Å². The summed E-state index contributed by atoms with van der Waals surface area (Å²) in [6, 6.07) is 0. The van der Waals surface area contributed by atoms with Crippen LogP contribution in [0.1, 0.15) is 34.1 Å². The number of halogens is 3. The van der Waals surface area contributed by atoms with E-state index >= 15 is 0 Å². The monoisotopic (exact) mass is 371 g/mol. The summed E-state index contributed by atoms with van der Waals surface area (Å²) in [5.41, 5.74) is 1.21. The van der Waals surface area contributed by atoms with Crippen LogP contribution >= 0.6 is 0 Å². The highest BCUT2D eigenvalue weighted by Gasteiger charge is 2.37. The quantitative estimate of drug-likeness (QED) is 0.455. The minimum Gasteiger partial charge on any atom is -0.385 e. The fourth-order valence-corrected chi connectivity index (χ4v) is 2.18. The molecule has 26 heavy (non-hydrogen) atoms. The molecule has 0 bridgehead atoms. The second kappa shape index (κ2) is 10.3. The lowest BCUT2D eigenvalue weighted by Gasteiger charge is -2.16. The molecule has 146 valence electrons. The van der Waals surface area contributed by atoms with E-state index in [-0.39, 0.29) is 5.84 Å². The van der Waals surface area contributed by atoms with Crippen molar-refractivity contribution < 1.29 is 17.9 Å². The largest absolute Gasteiger partial charge is 0.431 e. The van der Waals surface area contributed by atoms with Crippen molar-refractivity contribution in [2.24, 2.45) is 15.9 Å². The van der Waals surface area contributed by atoms with Gasteiger partial charge in [0, 0.05) is 24.4 Å². The molecule has 0 amide bonds. The molecular weight excluding hydrogens is 343 g/mol. The molecule has 0 fully saturated rings. The molecular formula is C19H28F3N3O. The second-order valence-corrected chi connectivity index (χ2v) is 6.31. The fraction of sp³-hybridized carbons (Fsp3) is 0.579. The molecule has 1 atom stereocenters. The van der Waals surface area contributed by atoms with Crippen molar-refractivity contribution in [3.05, 3.63) is 35.6 Å². The van der Waals surface area contributed by atoms with Crippen molar-refractivity contribution in [3.63, 3.8) is 0 Å². The lowest BCUT2D eigenvalue weighted by atomic mass is 10.1. The van der Waals surface area contributed by atoms with E-state index in [0.29, 0.717) is 30.3 Å². The summed E-state index contributed by atoms with van der Waals surface area (Å²) in [6.07, 6.45) is -0.0118. The Morgan fingerprint density at radius 1 is 1.42 bits per heavy atom. The molecule has 1 aliphatic heterocycles. The molecule has 0 spiro atoms. The van der Waals surface area contributed by atoms with E-state index in [9.17, 15) is 13.2 Å². The van der Waals surface area contributed by atoms with E-state index in [4.69, 9.17) is 4.74 Å². The van der Waals surface area contributed by atoms with E-state index < -0.39 is 18.4 Å². The number of amidine groups is 1. The zero-order valence-electron chi connectivity index (χ0n) is 15.9. The molecule has 0 aromatic heterocycles. The Morgan fingerprint density at radius 3 is 2.65 bits per heavy atom. The average molecular weight is 371 g/mol. The molecule has 0 aromatic rings. The summed E-state index contributed by atoms with van der Waals surface area (Å²) >= 11 is 0. The van der Waals surface area contributed by atoms with Crippen molar-refractivity contribution in [1.29, 1.82) is 0 Å². The van der Waals surface area contributed by atoms with E-state index in [1.54, 1.807) is 19.1 Å². The van der Waals surface area contributed by atoms with Gasteiger partial charge in [-0.25, -0.2) is 4.99 Å². The Kier molecular flexibility index (Phi) is 8.78. The first-order valence-corrected chi connectivity index (χ1v) is 8.74. The Hall–Kier alpha value is -1.89. The highest BCUT2D eigenvalue weighted by Crippen LogP contribution is 2.22. The van der Waals surface area contributed by atoms with Gasteiger partial charge >= 0.3 is 6.18 Å². The van der Waals surface area contributed by atoms with Gasteiger partial charge in [0.1, 0.15) is 5.71 Å². The molecule has 0 saturated heterocycles. The van der Waals surface area contributed by atoms with Gasteiger partial charge in [-0.15, -0.1) is 0 Å². The maximum absolute atomic E-state index is 12.7. The molecule has 0 aromatic carbocycles. The van der Waals surface area contributed by atoms with Gasteiger partial charge in [0.2, 0.25) is 0 Å². The van der Waals surface area contributed by atoms with Crippen LogP contribution in [-0.4, -0.2) is 44.0 Å². The summed E-state index contributed by atoms with van der Waals surface area (Å²) in [7, 11) is 0. The van der Waals surface area contributed by atoms with E-state index in [2.05, 4.69) is 35.7 Å². The normalized spacial score (nSPS) is 17.0. The van der Waals surface area contributed by atoms with Gasteiger partial charge in [-0.3, -0.25) is 4.99 Å². The molecule has 7 heteroatoms. The summed E-state index contributed by atoms with van der Waals surface area (Å²) in [6.45, 7) is 13.4. The molecule has 0 aliphatic carbocycles. The minimum absolute atomic E-state index is 0.105. The number of ether oxygens (including phenoxy) is 1. The number of allylic oxidation sites excluding steroid dienone is 2. The van der Waals surface area contributed by atoms with Gasteiger partial charge < -0.3 is 10.1 Å². The Balaban J connectivity index is 2.64. The zero-order valence-corrected chi connectivity index (χ0v) is 15.9. The third-order valence-corrected chi connectivity index (χ3v) is 3.78. The Labute approximate surface area is 153 Å². The number of nitrogens with one attached hydrogen (secondary N) is 1. The third kappa shape index (κ3) is 7.15.